The van der Waals surface area contributed by atoms with Crippen LogP contribution in [0.25, 0.3) is 0 Å². The molecule has 0 aliphatic rings. The number of para-hydroxylation sites is 1. The molecule has 0 unspecified atom stereocenters. The standard InChI is InChI=1S/C21H27FN2O3S2/c1-4-19(24(29(3,26)27)20-11-6-5-10-18(20)22)21(25)23-12-13-28-15-17-9-7-8-16(2)14-17/h5-11,14,19H,4,12-13,15H2,1-3H3,(H,23,25)/t19-/m0/s1. The van der Waals surface area contributed by atoms with Gasteiger partial charge in [0, 0.05) is 18.1 Å². The van der Waals surface area contributed by atoms with E-state index in [2.05, 4.69) is 17.4 Å². The topological polar surface area (TPSA) is 66.5 Å². The highest BCUT2D eigenvalue weighted by molar-refractivity contribution is 7.98. The monoisotopic (exact) mass is 438 g/mol. The molecule has 0 aromatic heterocycles. The average Bonchev–Trinajstić information content (AvgIpc) is 2.65. The van der Waals surface area contributed by atoms with Gasteiger partial charge in [0.1, 0.15) is 11.9 Å². The molecule has 1 amide bonds. The molecular formula is C21H27FN2O3S2. The lowest BCUT2D eigenvalue weighted by molar-refractivity contribution is -0.122. The fourth-order valence-electron chi connectivity index (χ4n) is 3.02. The largest absolute Gasteiger partial charge is 0.353 e. The van der Waals surface area contributed by atoms with E-state index in [4.69, 9.17) is 0 Å². The molecule has 0 radical (unpaired) electrons. The molecule has 5 nitrogen and oxygen atoms in total. The van der Waals surface area contributed by atoms with Crippen LogP contribution in [-0.2, 0) is 20.6 Å². The third kappa shape index (κ3) is 6.75. The van der Waals surface area contributed by atoms with Crippen LogP contribution < -0.4 is 9.62 Å². The Bertz CT molecular complexity index is 935. The number of nitrogens with zero attached hydrogens (tertiary/aromatic N) is 1. The van der Waals surface area contributed by atoms with Gasteiger partial charge >= 0.3 is 0 Å². The Labute approximate surface area is 176 Å². The fourth-order valence-corrected chi connectivity index (χ4v) is 5.04. The average molecular weight is 439 g/mol. The van der Waals surface area contributed by atoms with Gasteiger partial charge in [-0.05, 0) is 31.0 Å². The molecule has 0 aliphatic carbocycles. The van der Waals surface area contributed by atoms with Crippen LogP contribution in [0.15, 0.2) is 48.5 Å². The van der Waals surface area contributed by atoms with Crippen molar-refractivity contribution < 1.29 is 17.6 Å². The van der Waals surface area contributed by atoms with Crippen LogP contribution in [0, 0.1) is 12.7 Å². The Balaban J connectivity index is 1.98. The maximum absolute atomic E-state index is 14.2. The lowest BCUT2D eigenvalue weighted by Crippen LogP contribution is -2.50. The van der Waals surface area contributed by atoms with Gasteiger partial charge in [0.15, 0.2) is 0 Å². The number of hydrogen-bond donors (Lipinski definition) is 1. The number of rotatable bonds is 10. The Kier molecular flexibility index (Phi) is 8.52. The molecule has 0 aliphatic heterocycles. The Morgan fingerprint density at radius 2 is 1.93 bits per heavy atom. The zero-order valence-electron chi connectivity index (χ0n) is 16.9. The number of sulfonamides is 1. The highest BCUT2D eigenvalue weighted by Gasteiger charge is 2.32. The zero-order valence-corrected chi connectivity index (χ0v) is 18.5. The van der Waals surface area contributed by atoms with E-state index in [0.29, 0.717) is 12.3 Å². The molecule has 0 saturated carbocycles. The summed E-state index contributed by atoms with van der Waals surface area (Å²) < 4.78 is 39.8. The maximum atomic E-state index is 14.2. The van der Waals surface area contributed by atoms with Crippen LogP contribution in [0.1, 0.15) is 24.5 Å². The number of amides is 1. The summed E-state index contributed by atoms with van der Waals surface area (Å²) in [4.78, 5) is 12.7. The highest BCUT2D eigenvalue weighted by atomic mass is 32.2. The summed E-state index contributed by atoms with van der Waals surface area (Å²) in [6.07, 6.45) is 1.21. The molecule has 8 heteroatoms. The van der Waals surface area contributed by atoms with E-state index in [1.165, 1.54) is 29.3 Å². The fraction of sp³-hybridized carbons (Fsp3) is 0.381. The van der Waals surface area contributed by atoms with Crippen LogP contribution in [0.4, 0.5) is 10.1 Å². The Morgan fingerprint density at radius 3 is 2.55 bits per heavy atom. The minimum Gasteiger partial charge on any atom is -0.353 e. The number of carbonyl (C=O) groups excluding carboxylic acids is 1. The highest BCUT2D eigenvalue weighted by Crippen LogP contribution is 2.25. The van der Waals surface area contributed by atoms with E-state index in [9.17, 15) is 17.6 Å². The number of nitrogens with one attached hydrogen (secondary N) is 1. The van der Waals surface area contributed by atoms with E-state index in [1.807, 2.05) is 19.1 Å². The first-order valence-electron chi connectivity index (χ1n) is 9.39. The van der Waals surface area contributed by atoms with Crippen molar-refractivity contribution >= 4 is 33.4 Å². The molecule has 1 atom stereocenters. The van der Waals surface area contributed by atoms with Gasteiger partial charge in [-0.3, -0.25) is 9.10 Å². The molecule has 2 aromatic rings. The van der Waals surface area contributed by atoms with E-state index in [-0.39, 0.29) is 12.1 Å². The van der Waals surface area contributed by atoms with Gasteiger partial charge in [0.25, 0.3) is 0 Å². The minimum absolute atomic E-state index is 0.120. The van der Waals surface area contributed by atoms with Crippen molar-refractivity contribution in [1.82, 2.24) is 5.32 Å². The number of halogens is 1. The Morgan fingerprint density at radius 1 is 1.21 bits per heavy atom. The van der Waals surface area contributed by atoms with Crippen molar-refractivity contribution in [2.45, 2.75) is 32.1 Å². The number of hydrogen-bond acceptors (Lipinski definition) is 4. The summed E-state index contributed by atoms with van der Waals surface area (Å²) in [5.74, 6) is 0.406. The Hall–Kier alpha value is -2.06. The van der Waals surface area contributed by atoms with Gasteiger partial charge in [-0.1, -0.05) is 48.9 Å². The van der Waals surface area contributed by atoms with E-state index in [0.717, 1.165) is 16.3 Å². The minimum atomic E-state index is -3.84. The van der Waals surface area contributed by atoms with Crippen LogP contribution in [0.5, 0.6) is 0 Å². The third-order valence-electron chi connectivity index (χ3n) is 4.32. The summed E-state index contributed by atoms with van der Waals surface area (Å²) in [6, 6.07) is 12.8. The van der Waals surface area contributed by atoms with Crippen LogP contribution in [0.2, 0.25) is 0 Å². The molecule has 2 aromatic carbocycles. The summed E-state index contributed by atoms with van der Waals surface area (Å²) in [6.45, 7) is 4.15. The molecule has 0 fully saturated rings. The number of benzene rings is 2. The first kappa shape index (κ1) is 23.2. The summed E-state index contributed by atoms with van der Waals surface area (Å²) >= 11 is 1.68. The van der Waals surface area contributed by atoms with Crippen molar-refractivity contribution in [3.63, 3.8) is 0 Å². The van der Waals surface area contributed by atoms with Crippen LogP contribution in [0.3, 0.4) is 0 Å². The lowest BCUT2D eigenvalue weighted by Gasteiger charge is -2.30. The van der Waals surface area contributed by atoms with E-state index < -0.39 is 27.8 Å². The predicted molar refractivity (Wildman–Crippen MR) is 118 cm³/mol. The quantitative estimate of drug-likeness (QED) is 0.574. The summed E-state index contributed by atoms with van der Waals surface area (Å²) in [7, 11) is -3.84. The van der Waals surface area contributed by atoms with Crippen LogP contribution >= 0.6 is 11.8 Å². The second-order valence-corrected chi connectivity index (χ2v) is 9.73. The molecule has 0 spiro atoms. The van der Waals surface area contributed by atoms with Crippen molar-refractivity contribution in [2.75, 3.05) is 22.9 Å². The molecule has 0 saturated heterocycles. The number of aryl methyl sites for hydroxylation is 1. The van der Waals surface area contributed by atoms with Crippen molar-refractivity contribution in [3.8, 4) is 0 Å². The smallest absolute Gasteiger partial charge is 0.243 e. The molecule has 0 heterocycles. The molecule has 1 N–H and O–H groups in total. The third-order valence-corrected chi connectivity index (χ3v) is 6.51. The first-order chi connectivity index (χ1) is 13.7. The second kappa shape index (κ2) is 10.6. The van der Waals surface area contributed by atoms with Gasteiger partial charge in [-0.15, -0.1) is 0 Å². The zero-order chi connectivity index (χ0) is 21.4. The second-order valence-electron chi connectivity index (χ2n) is 6.77. The van der Waals surface area contributed by atoms with Gasteiger partial charge < -0.3 is 5.32 Å². The van der Waals surface area contributed by atoms with Gasteiger partial charge in [-0.25, -0.2) is 12.8 Å². The number of anilines is 1. The summed E-state index contributed by atoms with van der Waals surface area (Å²) in [5, 5.41) is 2.78. The number of thioether (sulfide) groups is 1. The molecule has 0 bridgehead atoms. The molecule has 2 rings (SSSR count). The predicted octanol–water partition coefficient (Wildman–Crippen LogP) is 3.73. The normalized spacial score (nSPS) is 12.4. The number of carbonyl (C=O) groups is 1. The van der Waals surface area contributed by atoms with Crippen LogP contribution in [-0.4, -0.2) is 38.9 Å². The molecule has 29 heavy (non-hydrogen) atoms. The van der Waals surface area contributed by atoms with Crippen molar-refractivity contribution in [2.24, 2.45) is 0 Å². The van der Waals surface area contributed by atoms with Gasteiger partial charge in [-0.2, -0.15) is 11.8 Å². The van der Waals surface area contributed by atoms with Crippen molar-refractivity contribution in [3.05, 3.63) is 65.5 Å². The first-order valence-corrected chi connectivity index (χ1v) is 12.4. The van der Waals surface area contributed by atoms with Gasteiger partial charge in [0.05, 0.1) is 11.9 Å². The van der Waals surface area contributed by atoms with E-state index in [1.54, 1.807) is 24.8 Å². The van der Waals surface area contributed by atoms with Gasteiger partial charge in [0.2, 0.25) is 15.9 Å². The molecular weight excluding hydrogens is 411 g/mol. The lowest BCUT2D eigenvalue weighted by atomic mass is 10.2. The molecule has 158 valence electrons. The van der Waals surface area contributed by atoms with E-state index >= 15 is 0 Å². The SMILES string of the molecule is CC[C@@H](C(=O)NCCSCc1cccc(C)c1)N(c1ccccc1F)S(C)(=O)=O. The summed E-state index contributed by atoms with van der Waals surface area (Å²) in [5.41, 5.74) is 2.30. The van der Waals surface area contributed by atoms with Crippen molar-refractivity contribution in [1.29, 1.82) is 0 Å². The maximum Gasteiger partial charge on any atom is 0.243 e.